The van der Waals surface area contributed by atoms with Crippen LogP contribution in [0.25, 0.3) is 0 Å². The highest BCUT2D eigenvalue weighted by molar-refractivity contribution is 5.82. The third-order valence-electron chi connectivity index (χ3n) is 3.42. The van der Waals surface area contributed by atoms with Crippen molar-refractivity contribution < 1.29 is 18.1 Å². The standard InChI is InChI=1S/C14H10F3N3O2/c15-14(16,17)19-9-18(12-3-1-2-4-13(12)19)10-5-7-11(8-6-10)20(21)22/h1-8H,9H2. The average molecular weight is 309 g/mol. The first-order valence-corrected chi connectivity index (χ1v) is 6.33. The van der Waals surface area contributed by atoms with E-state index in [0.29, 0.717) is 16.3 Å². The van der Waals surface area contributed by atoms with E-state index in [2.05, 4.69) is 0 Å². The van der Waals surface area contributed by atoms with Gasteiger partial charge in [0.15, 0.2) is 0 Å². The fourth-order valence-corrected chi connectivity index (χ4v) is 2.41. The summed E-state index contributed by atoms with van der Waals surface area (Å²) >= 11 is 0. The lowest BCUT2D eigenvalue weighted by Gasteiger charge is -2.23. The van der Waals surface area contributed by atoms with Crippen LogP contribution in [0.4, 0.5) is 35.9 Å². The molecule has 0 saturated carbocycles. The SMILES string of the molecule is O=[N+]([O-])c1ccc(N2CN(C(F)(F)F)c3ccccc32)cc1. The van der Waals surface area contributed by atoms with Gasteiger partial charge in [-0.05, 0) is 24.3 Å². The second kappa shape index (κ2) is 4.90. The molecule has 1 aliphatic rings. The minimum absolute atomic E-state index is 0.0633. The van der Waals surface area contributed by atoms with E-state index in [1.807, 2.05) is 0 Å². The third kappa shape index (κ3) is 2.32. The fraction of sp³-hybridized carbons (Fsp3) is 0.143. The normalized spacial score (nSPS) is 14.1. The summed E-state index contributed by atoms with van der Waals surface area (Å²) in [6, 6.07) is 11.6. The van der Waals surface area contributed by atoms with Crippen molar-refractivity contribution >= 4 is 22.7 Å². The van der Waals surface area contributed by atoms with E-state index in [1.54, 1.807) is 12.1 Å². The van der Waals surface area contributed by atoms with Crippen LogP contribution in [0, 0.1) is 10.1 Å². The molecule has 3 rings (SSSR count). The smallest absolute Gasteiger partial charge is 0.321 e. The Morgan fingerprint density at radius 1 is 1.00 bits per heavy atom. The summed E-state index contributed by atoms with van der Waals surface area (Å²) in [4.78, 5) is 11.9. The quantitative estimate of drug-likeness (QED) is 0.477. The van der Waals surface area contributed by atoms with Crippen molar-refractivity contribution in [2.45, 2.75) is 6.30 Å². The first kappa shape index (κ1) is 14.2. The van der Waals surface area contributed by atoms with Gasteiger partial charge >= 0.3 is 6.30 Å². The first-order chi connectivity index (χ1) is 10.4. The van der Waals surface area contributed by atoms with Gasteiger partial charge in [-0.15, -0.1) is 0 Å². The number of nitro benzene ring substituents is 1. The Hall–Kier alpha value is -2.77. The Balaban J connectivity index is 2.00. The van der Waals surface area contributed by atoms with Gasteiger partial charge in [0.25, 0.3) is 5.69 Å². The average Bonchev–Trinajstić information content (AvgIpc) is 2.87. The van der Waals surface area contributed by atoms with E-state index in [9.17, 15) is 23.3 Å². The van der Waals surface area contributed by atoms with Crippen molar-refractivity contribution in [1.82, 2.24) is 0 Å². The molecule has 0 aliphatic carbocycles. The maximum atomic E-state index is 13.1. The zero-order valence-electron chi connectivity index (χ0n) is 11.1. The van der Waals surface area contributed by atoms with Gasteiger partial charge in [-0.3, -0.25) is 15.0 Å². The zero-order chi connectivity index (χ0) is 15.9. The van der Waals surface area contributed by atoms with E-state index in [4.69, 9.17) is 0 Å². The number of rotatable bonds is 2. The lowest BCUT2D eigenvalue weighted by atomic mass is 10.2. The van der Waals surface area contributed by atoms with Crippen LogP contribution in [0.5, 0.6) is 0 Å². The number of halogens is 3. The maximum absolute atomic E-state index is 13.1. The molecule has 0 N–H and O–H groups in total. The van der Waals surface area contributed by atoms with E-state index < -0.39 is 11.2 Å². The minimum Gasteiger partial charge on any atom is -0.321 e. The van der Waals surface area contributed by atoms with Crippen molar-refractivity contribution in [2.75, 3.05) is 16.5 Å². The van der Waals surface area contributed by atoms with Crippen molar-refractivity contribution in [3.05, 3.63) is 58.6 Å². The van der Waals surface area contributed by atoms with Gasteiger partial charge in [0.05, 0.1) is 16.3 Å². The van der Waals surface area contributed by atoms with E-state index in [0.717, 1.165) is 0 Å². The maximum Gasteiger partial charge on any atom is 0.486 e. The molecule has 0 atom stereocenters. The number of anilines is 3. The Bertz CT molecular complexity index is 716. The molecular formula is C14H10F3N3O2. The molecule has 2 aromatic carbocycles. The molecule has 8 heteroatoms. The molecule has 0 radical (unpaired) electrons. The van der Waals surface area contributed by atoms with Gasteiger partial charge in [0.1, 0.15) is 6.67 Å². The molecule has 114 valence electrons. The summed E-state index contributed by atoms with van der Waals surface area (Å²) < 4.78 is 39.3. The zero-order valence-corrected chi connectivity index (χ0v) is 11.1. The minimum atomic E-state index is -4.49. The largest absolute Gasteiger partial charge is 0.486 e. The molecular weight excluding hydrogens is 299 g/mol. The summed E-state index contributed by atoms with van der Waals surface area (Å²) in [5.74, 6) is 0. The number of para-hydroxylation sites is 2. The number of nitrogens with zero attached hydrogens (tertiary/aromatic N) is 3. The molecule has 0 saturated heterocycles. The van der Waals surface area contributed by atoms with Crippen LogP contribution in [0.1, 0.15) is 0 Å². The highest BCUT2D eigenvalue weighted by atomic mass is 19.4. The number of hydrogen-bond acceptors (Lipinski definition) is 4. The van der Waals surface area contributed by atoms with Crippen LogP contribution < -0.4 is 9.80 Å². The predicted octanol–water partition coefficient (Wildman–Crippen LogP) is 4.03. The van der Waals surface area contributed by atoms with E-state index in [1.165, 1.54) is 41.3 Å². The summed E-state index contributed by atoms with van der Waals surface area (Å²) in [6.07, 6.45) is -4.49. The molecule has 0 fully saturated rings. The summed E-state index contributed by atoms with van der Waals surface area (Å²) in [5.41, 5.74) is 0.829. The highest BCUT2D eigenvalue weighted by Crippen LogP contribution is 2.44. The Kier molecular flexibility index (Phi) is 3.16. The molecule has 1 heterocycles. The van der Waals surface area contributed by atoms with E-state index in [-0.39, 0.29) is 18.0 Å². The molecule has 2 aromatic rings. The fourth-order valence-electron chi connectivity index (χ4n) is 2.41. The number of non-ortho nitro benzene ring substituents is 1. The van der Waals surface area contributed by atoms with Crippen LogP contribution in [0.2, 0.25) is 0 Å². The van der Waals surface area contributed by atoms with Crippen LogP contribution in [-0.2, 0) is 0 Å². The first-order valence-electron chi connectivity index (χ1n) is 6.33. The molecule has 22 heavy (non-hydrogen) atoms. The van der Waals surface area contributed by atoms with Gasteiger partial charge in [-0.1, -0.05) is 12.1 Å². The number of alkyl halides is 3. The lowest BCUT2D eigenvalue weighted by Crippen LogP contribution is -2.39. The number of benzene rings is 2. The number of fused-ring (bicyclic) bond motifs is 1. The van der Waals surface area contributed by atoms with Gasteiger partial charge in [-0.2, -0.15) is 13.2 Å². The number of hydrogen-bond donors (Lipinski definition) is 0. The molecule has 0 amide bonds. The monoisotopic (exact) mass is 309 g/mol. The Morgan fingerprint density at radius 2 is 1.59 bits per heavy atom. The predicted molar refractivity (Wildman–Crippen MR) is 75.1 cm³/mol. The molecule has 0 aromatic heterocycles. The van der Waals surface area contributed by atoms with Crippen molar-refractivity contribution in [1.29, 1.82) is 0 Å². The summed E-state index contributed by atoms with van der Waals surface area (Å²) in [5, 5.41) is 10.7. The van der Waals surface area contributed by atoms with Crippen LogP contribution in [0.3, 0.4) is 0 Å². The number of nitro groups is 1. The summed E-state index contributed by atoms with van der Waals surface area (Å²) in [7, 11) is 0. The van der Waals surface area contributed by atoms with Gasteiger partial charge in [-0.25, -0.2) is 0 Å². The molecule has 0 bridgehead atoms. The molecule has 0 spiro atoms. The Morgan fingerprint density at radius 3 is 2.14 bits per heavy atom. The molecule has 0 unspecified atom stereocenters. The van der Waals surface area contributed by atoms with Gasteiger partial charge in [0.2, 0.25) is 0 Å². The van der Waals surface area contributed by atoms with Crippen LogP contribution in [-0.4, -0.2) is 17.9 Å². The van der Waals surface area contributed by atoms with Gasteiger partial charge < -0.3 is 4.90 Å². The highest BCUT2D eigenvalue weighted by Gasteiger charge is 2.43. The van der Waals surface area contributed by atoms with Crippen LogP contribution >= 0.6 is 0 Å². The third-order valence-corrected chi connectivity index (χ3v) is 3.42. The van der Waals surface area contributed by atoms with Crippen molar-refractivity contribution in [3.63, 3.8) is 0 Å². The van der Waals surface area contributed by atoms with Crippen molar-refractivity contribution in [3.8, 4) is 0 Å². The summed E-state index contributed by atoms with van der Waals surface area (Å²) in [6.45, 7) is -0.388. The second-order valence-electron chi connectivity index (χ2n) is 4.73. The molecule has 1 aliphatic heterocycles. The van der Waals surface area contributed by atoms with E-state index >= 15 is 0 Å². The topological polar surface area (TPSA) is 49.6 Å². The van der Waals surface area contributed by atoms with Crippen LogP contribution in [0.15, 0.2) is 48.5 Å². The van der Waals surface area contributed by atoms with Gasteiger partial charge in [0, 0.05) is 17.8 Å². The lowest BCUT2D eigenvalue weighted by molar-refractivity contribution is -0.384. The van der Waals surface area contributed by atoms with Crippen molar-refractivity contribution in [2.24, 2.45) is 0 Å². The molecule has 5 nitrogen and oxygen atoms in total. The second-order valence-corrected chi connectivity index (χ2v) is 4.73. The Labute approximate surface area is 123 Å².